The number of hydrogen-bond acceptors (Lipinski definition) is 6. The molecule has 1 aliphatic heterocycles. The monoisotopic (exact) mass is 340 g/mol. The van der Waals surface area contributed by atoms with Crippen molar-refractivity contribution in [3.05, 3.63) is 22.4 Å². The van der Waals surface area contributed by atoms with Crippen molar-refractivity contribution in [2.75, 3.05) is 6.54 Å². The Balaban J connectivity index is 1.85. The lowest BCUT2D eigenvalue weighted by Crippen LogP contribution is -2.52. The molecule has 23 heavy (non-hydrogen) atoms. The summed E-state index contributed by atoms with van der Waals surface area (Å²) in [4.78, 5) is 35.1. The normalized spacial score (nSPS) is 21.4. The van der Waals surface area contributed by atoms with Crippen molar-refractivity contribution >= 4 is 36.2 Å². The fourth-order valence-electron chi connectivity index (χ4n) is 2.21. The number of rotatable bonds is 6. The van der Waals surface area contributed by atoms with Crippen LogP contribution in [0.3, 0.4) is 0 Å². The highest BCUT2D eigenvalue weighted by atomic mass is 32.1. The minimum absolute atomic E-state index is 0.00307. The van der Waals surface area contributed by atoms with E-state index in [9.17, 15) is 19.4 Å². The molecule has 8 nitrogen and oxygen atoms in total. The second-order valence-electron chi connectivity index (χ2n) is 5.18. The van der Waals surface area contributed by atoms with Crippen LogP contribution in [0.25, 0.3) is 0 Å². The summed E-state index contributed by atoms with van der Waals surface area (Å²) in [6.45, 7) is -0.00307. The highest BCUT2D eigenvalue weighted by molar-refractivity contribution is 7.10. The van der Waals surface area contributed by atoms with Crippen LogP contribution in [-0.4, -0.2) is 53.6 Å². The molecule has 1 aromatic rings. The molecule has 2 atom stereocenters. The van der Waals surface area contributed by atoms with Crippen molar-refractivity contribution in [3.8, 4) is 0 Å². The lowest BCUT2D eigenvalue weighted by molar-refractivity contribution is -0.139. The number of carboxylic acid groups (broad SMARTS) is 1. The SMILES string of the molecule is O=C(O)CC1CC(=O)NC(CNC(=O)Cc2cccs2)B(O)O1. The Bertz CT molecular complexity index is 567. The first-order valence-electron chi connectivity index (χ1n) is 7.08. The van der Waals surface area contributed by atoms with E-state index in [1.165, 1.54) is 11.3 Å². The number of nitrogens with one attached hydrogen (secondary N) is 2. The second-order valence-corrected chi connectivity index (χ2v) is 6.22. The predicted octanol–water partition coefficient (Wildman–Crippen LogP) is -0.825. The first-order valence-corrected chi connectivity index (χ1v) is 7.95. The zero-order valence-corrected chi connectivity index (χ0v) is 13.0. The van der Waals surface area contributed by atoms with Crippen molar-refractivity contribution in [1.29, 1.82) is 0 Å². The summed E-state index contributed by atoms with van der Waals surface area (Å²) in [5.41, 5.74) is 0. The van der Waals surface area contributed by atoms with E-state index in [4.69, 9.17) is 9.76 Å². The topological polar surface area (TPSA) is 125 Å². The molecular weight excluding hydrogens is 323 g/mol. The van der Waals surface area contributed by atoms with Crippen LogP contribution in [0.5, 0.6) is 0 Å². The molecule has 2 heterocycles. The molecular formula is C13H17BN2O6S. The molecule has 0 aromatic carbocycles. The Hall–Kier alpha value is -1.91. The van der Waals surface area contributed by atoms with Gasteiger partial charge in [0, 0.05) is 11.4 Å². The second kappa shape index (κ2) is 8.09. The Morgan fingerprint density at radius 1 is 1.52 bits per heavy atom. The first kappa shape index (κ1) is 17.4. The highest BCUT2D eigenvalue weighted by Crippen LogP contribution is 2.12. The minimum atomic E-state index is -1.38. The third kappa shape index (κ3) is 5.66. The third-order valence-electron chi connectivity index (χ3n) is 3.27. The molecule has 2 unspecified atom stereocenters. The first-order chi connectivity index (χ1) is 10.9. The summed E-state index contributed by atoms with van der Waals surface area (Å²) >= 11 is 1.46. The van der Waals surface area contributed by atoms with Gasteiger partial charge in [-0.1, -0.05) is 6.07 Å². The molecule has 10 heteroatoms. The quantitative estimate of drug-likeness (QED) is 0.501. The van der Waals surface area contributed by atoms with Crippen LogP contribution in [-0.2, 0) is 25.5 Å². The van der Waals surface area contributed by atoms with Crippen molar-refractivity contribution in [3.63, 3.8) is 0 Å². The summed E-state index contributed by atoms with van der Waals surface area (Å²) < 4.78 is 5.19. The van der Waals surface area contributed by atoms with Gasteiger partial charge in [0.25, 0.3) is 0 Å². The number of carboxylic acids is 1. The molecule has 0 spiro atoms. The maximum absolute atomic E-state index is 11.8. The zero-order chi connectivity index (χ0) is 16.8. The van der Waals surface area contributed by atoms with Crippen LogP contribution in [0.4, 0.5) is 0 Å². The van der Waals surface area contributed by atoms with Crippen LogP contribution in [0.2, 0.25) is 0 Å². The summed E-state index contributed by atoms with van der Waals surface area (Å²) in [7, 11) is -1.38. The van der Waals surface area contributed by atoms with Gasteiger partial charge in [0.15, 0.2) is 0 Å². The number of thiophene rings is 1. The van der Waals surface area contributed by atoms with Gasteiger partial charge in [-0.15, -0.1) is 11.3 Å². The van der Waals surface area contributed by atoms with Gasteiger partial charge in [0.05, 0.1) is 31.3 Å². The fraction of sp³-hybridized carbons (Fsp3) is 0.462. The molecule has 0 radical (unpaired) electrons. The van der Waals surface area contributed by atoms with Gasteiger partial charge in [0.1, 0.15) is 0 Å². The van der Waals surface area contributed by atoms with E-state index in [-0.39, 0.29) is 31.7 Å². The maximum Gasteiger partial charge on any atom is 0.480 e. The van der Waals surface area contributed by atoms with Gasteiger partial charge in [-0.2, -0.15) is 0 Å². The van der Waals surface area contributed by atoms with Gasteiger partial charge in [-0.3, -0.25) is 14.4 Å². The summed E-state index contributed by atoms with van der Waals surface area (Å²) in [5.74, 6) is -2.60. The van der Waals surface area contributed by atoms with Crippen molar-refractivity contribution in [2.24, 2.45) is 0 Å². The van der Waals surface area contributed by atoms with Crippen LogP contribution >= 0.6 is 11.3 Å². The van der Waals surface area contributed by atoms with E-state index in [1.54, 1.807) is 0 Å². The van der Waals surface area contributed by atoms with Crippen molar-refractivity contribution in [1.82, 2.24) is 10.6 Å². The minimum Gasteiger partial charge on any atom is -0.481 e. The summed E-state index contributed by atoms with van der Waals surface area (Å²) in [5, 5.41) is 25.7. The van der Waals surface area contributed by atoms with E-state index < -0.39 is 31.0 Å². The van der Waals surface area contributed by atoms with Crippen molar-refractivity contribution in [2.45, 2.75) is 31.3 Å². The van der Waals surface area contributed by atoms with Gasteiger partial charge >= 0.3 is 13.1 Å². The summed E-state index contributed by atoms with van der Waals surface area (Å²) in [6.07, 6.45) is -1.20. The number of carbonyl (C=O) groups is 3. The largest absolute Gasteiger partial charge is 0.481 e. The number of carbonyl (C=O) groups excluding carboxylic acids is 2. The molecule has 2 rings (SSSR count). The molecule has 1 aromatic heterocycles. The molecule has 0 saturated carbocycles. The van der Waals surface area contributed by atoms with E-state index in [1.807, 2.05) is 17.5 Å². The lowest BCUT2D eigenvalue weighted by Gasteiger charge is -2.19. The van der Waals surface area contributed by atoms with Gasteiger partial charge in [-0.25, -0.2) is 0 Å². The van der Waals surface area contributed by atoms with Crippen LogP contribution < -0.4 is 10.6 Å². The molecule has 1 aliphatic rings. The standard InChI is InChI=1S/C13H17BN2O6S/c17-11(6-9-2-1-3-23-9)15-7-10-14(21)22-8(5-13(19)20)4-12(18)16-10/h1-3,8,10,21H,4-7H2,(H,15,17)(H,16,18)(H,19,20). The Labute approximate surface area is 137 Å². The van der Waals surface area contributed by atoms with E-state index >= 15 is 0 Å². The molecule has 4 N–H and O–H groups in total. The number of amides is 2. The highest BCUT2D eigenvalue weighted by Gasteiger charge is 2.36. The molecule has 1 fully saturated rings. The van der Waals surface area contributed by atoms with Gasteiger partial charge < -0.3 is 25.4 Å². The fourth-order valence-corrected chi connectivity index (χ4v) is 2.91. The lowest BCUT2D eigenvalue weighted by atomic mass is 9.78. The number of hydrogen-bond donors (Lipinski definition) is 4. The average Bonchev–Trinajstić information content (AvgIpc) is 2.90. The van der Waals surface area contributed by atoms with E-state index in [2.05, 4.69) is 10.6 Å². The van der Waals surface area contributed by atoms with Crippen LogP contribution in [0, 0.1) is 0 Å². The molecule has 0 aliphatic carbocycles. The van der Waals surface area contributed by atoms with Crippen LogP contribution in [0.15, 0.2) is 17.5 Å². The zero-order valence-electron chi connectivity index (χ0n) is 12.2. The molecule has 2 amide bonds. The Morgan fingerprint density at radius 3 is 2.96 bits per heavy atom. The average molecular weight is 340 g/mol. The van der Waals surface area contributed by atoms with Gasteiger partial charge in [-0.05, 0) is 11.4 Å². The van der Waals surface area contributed by atoms with Gasteiger partial charge in [0.2, 0.25) is 11.8 Å². The maximum atomic E-state index is 11.8. The van der Waals surface area contributed by atoms with Crippen molar-refractivity contribution < 1.29 is 29.2 Å². The van der Waals surface area contributed by atoms with E-state index in [0.29, 0.717) is 0 Å². The third-order valence-corrected chi connectivity index (χ3v) is 4.15. The predicted molar refractivity (Wildman–Crippen MR) is 82.7 cm³/mol. The summed E-state index contributed by atoms with van der Waals surface area (Å²) in [6, 6.07) is 3.69. The van der Waals surface area contributed by atoms with E-state index in [0.717, 1.165) is 4.88 Å². The number of aliphatic carboxylic acids is 1. The molecule has 1 saturated heterocycles. The Kier molecular flexibility index (Phi) is 6.14. The molecule has 0 bridgehead atoms. The molecule has 124 valence electrons. The smallest absolute Gasteiger partial charge is 0.480 e. The Morgan fingerprint density at radius 2 is 2.30 bits per heavy atom. The van der Waals surface area contributed by atoms with Crippen LogP contribution in [0.1, 0.15) is 17.7 Å².